The minimum atomic E-state index is -0.387. The van der Waals surface area contributed by atoms with Gasteiger partial charge in [-0.05, 0) is 37.1 Å². The number of phenolic OH excluding ortho intramolecular Hbond substituents is 1. The van der Waals surface area contributed by atoms with Crippen LogP contribution in [0.5, 0.6) is 11.5 Å². The second-order valence-electron chi connectivity index (χ2n) is 6.89. The van der Waals surface area contributed by atoms with Crippen molar-refractivity contribution in [2.45, 2.75) is 44.8 Å². The van der Waals surface area contributed by atoms with Crippen LogP contribution in [0.2, 0.25) is 5.02 Å². The van der Waals surface area contributed by atoms with Gasteiger partial charge in [-0.3, -0.25) is 10.3 Å². The third kappa shape index (κ3) is 3.87. The van der Waals surface area contributed by atoms with Crippen molar-refractivity contribution in [2.24, 2.45) is 4.99 Å². The quantitative estimate of drug-likeness (QED) is 0.768. The number of nitrogens with zero attached hydrogens (tertiary/aromatic N) is 1. The number of aliphatic imine (C=N–C) groups is 1. The van der Waals surface area contributed by atoms with Crippen molar-refractivity contribution in [2.75, 3.05) is 7.11 Å². The zero-order valence-electron chi connectivity index (χ0n) is 15.4. The van der Waals surface area contributed by atoms with Crippen molar-refractivity contribution in [1.29, 1.82) is 0 Å². The van der Waals surface area contributed by atoms with E-state index in [1.807, 2.05) is 36.4 Å². The first-order valence-corrected chi connectivity index (χ1v) is 9.32. The monoisotopic (exact) mass is 372 g/mol. The van der Waals surface area contributed by atoms with E-state index in [0.717, 1.165) is 29.7 Å². The van der Waals surface area contributed by atoms with Gasteiger partial charge in [-0.25, -0.2) is 0 Å². The lowest BCUT2D eigenvalue weighted by atomic mass is 9.90. The summed E-state index contributed by atoms with van der Waals surface area (Å²) in [7, 11) is 1.56. The molecule has 0 fully saturated rings. The van der Waals surface area contributed by atoms with Gasteiger partial charge in [-0.2, -0.15) is 0 Å². The maximum absolute atomic E-state index is 10.6. The van der Waals surface area contributed by atoms with Gasteiger partial charge < -0.3 is 9.84 Å². The summed E-state index contributed by atoms with van der Waals surface area (Å²) in [5.41, 5.74) is 2.52. The summed E-state index contributed by atoms with van der Waals surface area (Å²) in [5, 5.41) is 14.9. The zero-order valence-corrected chi connectivity index (χ0v) is 16.2. The molecule has 0 spiro atoms. The molecule has 2 unspecified atom stereocenters. The van der Waals surface area contributed by atoms with Gasteiger partial charge in [0, 0.05) is 28.8 Å². The number of aromatic hydroxyl groups is 1. The van der Waals surface area contributed by atoms with Gasteiger partial charge in [0.15, 0.2) is 11.5 Å². The first-order valence-electron chi connectivity index (χ1n) is 8.94. The van der Waals surface area contributed by atoms with Crippen molar-refractivity contribution in [3.05, 3.63) is 58.6 Å². The largest absolute Gasteiger partial charge is 0.504 e. The first kappa shape index (κ1) is 18.7. The molecule has 26 heavy (non-hydrogen) atoms. The number of nitrogens with one attached hydrogen (secondary N) is 1. The summed E-state index contributed by atoms with van der Waals surface area (Å²) < 4.78 is 5.28. The highest BCUT2D eigenvalue weighted by molar-refractivity contribution is 6.30. The fraction of sp³-hybridized carbons (Fsp3) is 0.381. The molecule has 138 valence electrons. The molecule has 4 nitrogen and oxygen atoms in total. The van der Waals surface area contributed by atoms with Crippen LogP contribution in [0.15, 0.2) is 47.5 Å². The number of hydrogen-bond acceptors (Lipinski definition) is 4. The fourth-order valence-corrected chi connectivity index (χ4v) is 3.73. The molecular formula is C21H25ClN2O2. The van der Waals surface area contributed by atoms with Crippen molar-refractivity contribution in [3.63, 3.8) is 0 Å². The van der Waals surface area contributed by atoms with Crippen LogP contribution in [0, 0.1) is 0 Å². The third-order valence-corrected chi connectivity index (χ3v) is 5.06. The number of ether oxygens (including phenoxy) is 1. The summed E-state index contributed by atoms with van der Waals surface area (Å²) in [4.78, 5) is 5.00. The normalized spacial score (nSPS) is 22.8. The van der Waals surface area contributed by atoms with Gasteiger partial charge in [-0.15, -0.1) is 0 Å². The fourth-order valence-electron chi connectivity index (χ4n) is 3.61. The minimum Gasteiger partial charge on any atom is -0.504 e. The number of rotatable bonds is 5. The Hall–Kier alpha value is -2.04. The number of benzene rings is 2. The average molecular weight is 373 g/mol. The highest BCUT2D eigenvalue weighted by Gasteiger charge is 2.34. The molecule has 2 aromatic carbocycles. The lowest BCUT2D eigenvalue weighted by Crippen LogP contribution is -2.47. The topological polar surface area (TPSA) is 53.9 Å². The highest BCUT2D eigenvalue weighted by Crippen LogP contribution is 2.39. The van der Waals surface area contributed by atoms with Crippen molar-refractivity contribution in [1.82, 2.24) is 5.32 Å². The van der Waals surface area contributed by atoms with Gasteiger partial charge in [0.2, 0.25) is 0 Å². The number of hydrogen-bond donors (Lipinski definition) is 2. The van der Waals surface area contributed by atoms with E-state index in [2.05, 4.69) is 19.2 Å². The standard InChI is InChI=1S/C21H25ClN2O2/c1-4-12-21(2)23-17(14-8-10-15(22)11-9-14)13-18(24-21)16-6-5-7-19(26-3)20(16)25/h5-11,18,24-25H,4,12-13H2,1-3H3. The first-order chi connectivity index (χ1) is 12.5. The molecule has 0 saturated heterocycles. The van der Waals surface area contributed by atoms with Gasteiger partial charge in [0.1, 0.15) is 5.66 Å². The van der Waals surface area contributed by atoms with Crippen LogP contribution >= 0.6 is 11.6 Å². The summed E-state index contributed by atoms with van der Waals surface area (Å²) in [5.74, 6) is 0.667. The Morgan fingerprint density at radius 2 is 2.00 bits per heavy atom. The molecule has 0 aliphatic carbocycles. The molecule has 2 aromatic rings. The van der Waals surface area contributed by atoms with Crippen LogP contribution in [0.4, 0.5) is 0 Å². The molecule has 1 aliphatic rings. The lowest BCUT2D eigenvalue weighted by Gasteiger charge is -2.38. The summed E-state index contributed by atoms with van der Waals surface area (Å²) in [6.07, 6.45) is 2.60. The van der Waals surface area contributed by atoms with Crippen LogP contribution in [0.3, 0.4) is 0 Å². The smallest absolute Gasteiger partial charge is 0.162 e. The molecule has 1 aliphatic heterocycles. The predicted molar refractivity (Wildman–Crippen MR) is 106 cm³/mol. The van der Waals surface area contributed by atoms with Crippen LogP contribution in [-0.2, 0) is 0 Å². The van der Waals surface area contributed by atoms with Gasteiger partial charge >= 0.3 is 0 Å². The van der Waals surface area contributed by atoms with E-state index in [-0.39, 0.29) is 17.5 Å². The van der Waals surface area contributed by atoms with Gasteiger partial charge in [0.05, 0.1) is 7.11 Å². The highest BCUT2D eigenvalue weighted by atomic mass is 35.5. The molecule has 1 heterocycles. The minimum absolute atomic E-state index is 0.0511. The van der Waals surface area contributed by atoms with Crippen LogP contribution < -0.4 is 10.1 Å². The molecule has 2 atom stereocenters. The molecule has 0 radical (unpaired) electrons. The molecule has 0 aromatic heterocycles. The Kier molecular flexibility index (Phi) is 5.54. The van der Waals surface area contributed by atoms with Crippen molar-refractivity contribution in [3.8, 4) is 11.5 Å². The van der Waals surface area contributed by atoms with Gasteiger partial charge in [-0.1, -0.05) is 49.2 Å². The Labute approximate surface area is 159 Å². The number of phenols is 1. The molecule has 0 amide bonds. The Morgan fingerprint density at radius 1 is 1.27 bits per heavy atom. The van der Waals surface area contributed by atoms with Crippen LogP contribution in [0.25, 0.3) is 0 Å². The number of methoxy groups -OCH3 is 1. The van der Waals surface area contributed by atoms with Gasteiger partial charge in [0.25, 0.3) is 0 Å². The molecular weight excluding hydrogens is 348 g/mol. The summed E-state index contributed by atoms with van der Waals surface area (Å²) in [6, 6.07) is 13.3. The molecule has 0 bridgehead atoms. The molecule has 2 N–H and O–H groups in total. The van der Waals surface area contributed by atoms with E-state index < -0.39 is 0 Å². The number of para-hydroxylation sites is 1. The molecule has 0 saturated carbocycles. The zero-order chi connectivity index (χ0) is 18.7. The van der Waals surface area contributed by atoms with Crippen molar-refractivity contribution >= 4 is 17.3 Å². The predicted octanol–water partition coefficient (Wildman–Crippen LogP) is 5.09. The average Bonchev–Trinajstić information content (AvgIpc) is 2.62. The van der Waals surface area contributed by atoms with E-state index in [4.69, 9.17) is 21.3 Å². The van der Waals surface area contributed by atoms with Crippen LogP contribution in [-0.4, -0.2) is 23.6 Å². The summed E-state index contributed by atoms with van der Waals surface area (Å²) in [6.45, 7) is 4.26. The van der Waals surface area contributed by atoms with E-state index in [1.54, 1.807) is 13.2 Å². The van der Waals surface area contributed by atoms with E-state index in [0.29, 0.717) is 17.2 Å². The third-order valence-electron chi connectivity index (χ3n) is 4.80. The summed E-state index contributed by atoms with van der Waals surface area (Å²) >= 11 is 6.04. The molecule has 5 heteroatoms. The second kappa shape index (κ2) is 7.68. The molecule has 3 rings (SSSR count). The van der Waals surface area contributed by atoms with Crippen LogP contribution in [0.1, 0.15) is 50.3 Å². The van der Waals surface area contributed by atoms with E-state index >= 15 is 0 Å². The SMILES string of the molecule is CCCC1(C)N=C(c2ccc(Cl)cc2)CC(c2cccc(OC)c2O)N1. The number of halogens is 1. The lowest BCUT2D eigenvalue weighted by molar-refractivity contribution is 0.281. The maximum atomic E-state index is 10.6. The Morgan fingerprint density at radius 3 is 2.65 bits per heavy atom. The van der Waals surface area contributed by atoms with E-state index in [9.17, 15) is 5.11 Å². The van der Waals surface area contributed by atoms with Crippen molar-refractivity contribution < 1.29 is 9.84 Å². The maximum Gasteiger partial charge on any atom is 0.162 e. The Bertz CT molecular complexity index is 804. The van der Waals surface area contributed by atoms with E-state index in [1.165, 1.54) is 0 Å². The Balaban J connectivity index is 2.01. The second-order valence-corrected chi connectivity index (χ2v) is 7.32.